The number of benzene rings is 4. The van der Waals surface area contributed by atoms with Crippen LogP contribution in [0.2, 0.25) is 10.0 Å². The number of fused-ring (bicyclic) bond motifs is 2. The Morgan fingerprint density at radius 2 is 0.950 bits per heavy atom. The third-order valence-electron chi connectivity index (χ3n) is 5.98. The molecular weight excluding hydrogens is 587 g/mol. The van der Waals surface area contributed by atoms with Crippen LogP contribution in [0.1, 0.15) is 0 Å². The molecule has 6 aromatic rings. The lowest BCUT2D eigenvalue weighted by molar-refractivity contribution is 0.395. The van der Waals surface area contributed by atoms with Gasteiger partial charge in [-0.3, -0.25) is 0 Å². The molecule has 0 spiro atoms. The number of rotatable bonds is 6. The molecule has 0 saturated heterocycles. The fourth-order valence-electron chi connectivity index (χ4n) is 3.98. The Labute approximate surface area is 249 Å². The van der Waals surface area contributed by atoms with Crippen molar-refractivity contribution in [3.05, 3.63) is 82.8 Å². The summed E-state index contributed by atoms with van der Waals surface area (Å²) in [5.74, 6) is 3.01. The highest BCUT2D eigenvalue weighted by molar-refractivity contribution is 7.22. The molecule has 0 atom stereocenters. The average Bonchev–Trinajstić information content (AvgIpc) is 3.60. The monoisotopic (exact) mass is 610 g/mol. The summed E-state index contributed by atoms with van der Waals surface area (Å²) in [4.78, 5) is 9.24. The molecule has 2 heterocycles. The Kier molecular flexibility index (Phi) is 8.61. The normalized spacial score (nSPS) is 10.8. The summed E-state index contributed by atoms with van der Waals surface area (Å²) in [5, 5.41) is 3.19. The molecule has 6 rings (SSSR count). The summed E-state index contributed by atoms with van der Waals surface area (Å²) >= 11 is 15.2. The van der Waals surface area contributed by atoms with Gasteiger partial charge >= 0.3 is 0 Å². The van der Waals surface area contributed by atoms with E-state index in [-0.39, 0.29) is 0 Å². The first kappa shape index (κ1) is 28.0. The predicted octanol–water partition coefficient (Wildman–Crippen LogP) is 9.27. The lowest BCUT2D eigenvalue weighted by Gasteiger charge is -2.07. The Bertz CT molecular complexity index is 1670. The van der Waals surface area contributed by atoms with Crippen LogP contribution in [0.5, 0.6) is 23.0 Å². The molecule has 0 fully saturated rings. The molecule has 0 saturated carbocycles. The van der Waals surface area contributed by atoms with Gasteiger partial charge in [0.15, 0.2) is 0 Å². The minimum atomic E-state index is 0.691. The second-order valence-corrected chi connectivity index (χ2v) is 11.3. The molecule has 0 bridgehead atoms. The topological polar surface area (TPSA) is 62.7 Å². The van der Waals surface area contributed by atoms with Crippen LogP contribution in [0.3, 0.4) is 0 Å². The number of aromatic nitrogens is 2. The second-order valence-electron chi connectivity index (χ2n) is 8.39. The smallest absolute Gasteiger partial charge is 0.132 e. The van der Waals surface area contributed by atoms with E-state index in [9.17, 15) is 0 Å². The molecular formula is C30H24Cl2N2O4S2. The number of nitrogens with zero attached hydrogens (tertiary/aromatic N) is 2. The lowest BCUT2D eigenvalue weighted by atomic mass is 10.2. The van der Waals surface area contributed by atoms with E-state index < -0.39 is 0 Å². The van der Waals surface area contributed by atoms with Crippen molar-refractivity contribution in [2.24, 2.45) is 0 Å². The maximum Gasteiger partial charge on any atom is 0.132 e. The molecule has 6 nitrogen and oxygen atoms in total. The summed E-state index contributed by atoms with van der Waals surface area (Å²) in [6.45, 7) is 0. The van der Waals surface area contributed by atoms with Gasteiger partial charge in [-0.2, -0.15) is 0 Å². The Balaban J connectivity index is 0.000000161. The summed E-state index contributed by atoms with van der Waals surface area (Å²) < 4.78 is 23.5. The van der Waals surface area contributed by atoms with Gasteiger partial charge in [-0.1, -0.05) is 23.2 Å². The minimum absolute atomic E-state index is 0.691. The fraction of sp³-hybridized carbons (Fsp3) is 0.133. The Hall–Kier alpha value is -3.56. The maximum atomic E-state index is 6.00. The van der Waals surface area contributed by atoms with Crippen LogP contribution >= 0.6 is 45.9 Å². The average molecular weight is 612 g/mol. The number of hydrogen-bond acceptors (Lipinski definition) is 8. The predicted molar refractivity (Wildman–Crippen MR) is 166 cm³/mol. The number of halogens is 2. The summed E-state index contributed by atoms with van der Waals surface area (Å²) in [5.41, 5.74) is 3.70. The molecule has 0 radical (unpaired) electrons. The molecule has 40 heavy (non-hydrogen) atoms. The maximum absolute atomic E-state index is 6.00. The summed E-state index contributed by atoms with van der Waals surface area (Å²) in [7, 11) is 6.55. The zero-order valence-electron chi connectivity index (χ0n) is 22.0. The molecule has 2 aromatic heterocycles. The second kappa shape index (κ2) is 12.3. The van der Waals surface area contributed by atoms with Crippen LogP contribution in [0, 0.1) is 0 Å². The first-order chi connectivity index (χ1) is 19.4. The molecule has 0 amide bonds. The zero-order valence-corrected chi connectivity index (χ0v) is 25.2. The van der Waals surface area contributed by atoms with Gasteiger partial charge in [-0.05, 0) is 60.7 Å². The van der Waals surface area contributed by atoms with Crippen molar-refractivity contribution in [1.82, 2.24) is 9.97 Å². The number of hydrogen-bond donors (Lipinski definition) is 0. The van der Waals surface area contributed by atoms with Crippen molar-refractivity contribution in [3.8, 4) is 44.1 Å². The van der Waals surface area contributed by atoms with Crippen LogP contribution in [-0.4, -0.2) is 38.4 Å². The summed E-state index contributed by atoms with van der Waals surface area (Å²) in [6.07, 6.45) is 0. The van der Waals surface area contributed by atoms with Gasteiger partial charge in [0, 0.05) is 22.2 Å². The Morgan fingerprint density at radius 1 is 0.525 bits per heavy atom. The molecule has 10 heteroatoms. The molecule has 0 aliphatic carbocycles. The van der Waals surface area contributed by atoms with Crippen molar-refractivity contribution in [3.63, 3.8) is 0 Å². The van der Waals surface area contributed by atoms with E-state index in [2.05, 4.69) is 9.97 Å². The largest absolute Gasteiger partial charge is 0.497 e. The molecule has 0 aliphatic rings. The fourth-order valence-corrected chi connectivity index (χ4v) is 6.27. The molecule has 204 valence electrons. The van der Waals surface area contributed by atoms with Gasteiger partial charge < -0.3 is 18.9 Å². The van der Waals surface area contributed by atoms with Gasteiger partial charge in [0.1, 0.15) is 33.0 Å². The van der Waals surface area contributed by atoms with Gasteiger partial charge in [-0.25, -0.2) is 9.97 Å². The van der Waals surface area contributed by atoms with Gasteiger partial charge in [0.2, 0.25) is 0 Å². The van der Waals surface area contributed by atoms with Crippen molar-refractivity contribution >= 4 is 66.3 Å². The van der Waals surface area contributed by atoms with E-state index in [0.717, 1.165) is 64.6 Å². The first-order valence-electron chi connectivity index (χ1n) is 12.0. The van der Waals surface area contributed by atoms with Crippen LogP contribution in [0.25, 0.3) is 41.6 Å². The summed E-state index contributed by atoms with van der Waals surface area (Å²) in [6, 6.07) is 22.9. The van der Waals surface area contributed by atoms with E-state index in [1.54, 1.807) is 51.1 Å². The number of thiazole rings is 2. The molecule has 0 N–H and O–H groups in total. The van der Waals surface area contributed by atoms with Crippen LogP contribution < -0.4 is 18.9 Å². The highest BCUT2D eigenvalue weighted by atomic mass is 35.5. The standard InChI is InChI=1S/2C15H12ClNO2S/c2*1-18-10-4-5-11(13(8-10)19-2)15-17-12-7-9(16)3-6-14(12)20-15/h2*3-8H,1-2H3. The van der Waals surface area contributed by atoms with E-state index >= 15 is 0 Å². The van der Waals surface area contributed by atoms with E-state index in [1.165, 1.54) is 0 Å². The van der Waals surface area contributed by atoms with Crippen LogP contribution in [0.15, 0.2) is 72.8 Å². The Morgan fingerprint density at radius 3 is 1.32 bits per heavy atom. The zero-order chi connectivity index (χ0) is 28.2. The lowest BCUT2D eigenvalue weighted by Crippen LogP contribution is -1.89. The molecule has 4 aromatic carbocycles. The van der Waals surface area contributed by atoms with Crippen LogP contribution in [0.4, 0.5) is 0 Å². The SMILES string of the molecule is COc1ccc(-c2nc3cc(Cl)ccc3s2)c(OC)c1.COc1ccc(-c2nc3cc(Cl)ccc3s2)c(OC)c1. The highest BCUT2D eigenvalue weighted by Gasteiger charge is 2.14. The van der Waals surface area contributed by atoms with Crippen molar-refractivity contribution in [2.45, 2.75) is 0 Å². The number of ether oxygens (including phenoxy) is 4. The van der Waals surface area contributed by atoms with Gasteiger partial charge in [0.25, 0.3) is 0 Å². The third-order valence-corrected chi connectivity index (χ3v) is 8.59. The quantitative estimate of drug-likeness (QED) is 0.187. The van der Waals surface area contributed by atoms with Crippen molar-refractivity contribution in [1.29, 1.82) is 0 Å². The van der Waals surface area contributed by atoms with E-state index in [0.29, 0.717) is 10.0 Å². The molecule has 0 unspecified atom stereocenters. The third kappa shape index (κ3) is 5.95. The van der Waals surface area contributed by atoms with Crippen molar-refractivity contribution in [2.75, 3.05) is 28.4 Å². The first-order valence-corrected chi connectivity index (χ1v) is 14.4. The molecule has 0 aliphatic heterocycles. The van der Waals surface area contributed by atoms with E-state index in [1.807, 2.05) is 72.8 Å². The minimum Gasteiger partial charge on any atom is -0.497 e. The highest BCUT2D eigenvalue weighted by Crippen LogP contribution is 2.39. The van der Waals surface area contributed by atoms with E-state index in [4.69, 9.17) is 42.1 Å². The van der Waals surface area contributed by atoms with Gasteiger partial charge in [0.05, 0.1) is 60.0 Å². The van der Waals surface area contributed by atoms with Crippen molar-refractivity contribution < 1.29 is 18.9 Å². The van der Waals surface area contributed by atoms with Gasteiger partial charge in [-0.15, -0.1) is 22.7 Å². The number of methoxy groups -OCH3 is 4. The van der Waals surface area contributed by atoms with Crippen LogP contribution in [-0.2, 0) is 0 Å².